The molecule has 0 unspecified atom stereocenters. The van der Waals surface area contributed by atoms with Gasteiger partial charge < -0.3 is 9.47 Å². The minimum Gasteiger partial charge on any atom is -0.462 e. The Labute approximate surface area is 129 Å². The molecule has 0 aliphatic rings. The van der Waals surface area contributed by atoms with Crippen LogP contribution in [0.2, 0.25) is 5.15 Å². The fraction of sp³-hybridized carbons (Fsp3) is 0.533. The lowest BCUT2D eigenvalue weighted by Gasteiger charge is -2.18. The van der Waals surface area contributed by atoms with Crippen molar-refractivity contribution in [1.82, 2.24) is 4.98 Å². The summed E-state index contributed by atoms with van der Waals surface area (Å²) in [6.45, 7) is 6.92. The number of hydrogen-bond acceptors (Lipinski definition) is 5. The van der Waals surface area contributed by atoms with E-state index in [0.29, 0.717) is 10.7 Å². The van der Waals surface area contributed by atoms with Crippen molar-refractivity contribution >= 4 is 23.5 Å². The number of rotatable bonds is 6. The van der Waals surface area contributed by atoms with Crippen LogP contribution in [0.4, 0.5) is 0 Å². The highest BCUT2D eigenvalue weighted by molar-refractivity contribution is 6.29. The summed E-state index contributed by atoms with van der Waals surface area (Å²) in [5.74, 6) is -2.19. The maximum atomic E-state index is 12.1. The molecular formula is C15H20ClNO4. The Morgan fingerprint density at radius 2 is 1.62 bits per heavy atom. The zero-order chi connectivity index (χ0) is 16.0. The van der Waals surface area contributed by atoms with Crippen molar-refractivity contribution in [3.8, 4) is 0 Å². The second kappa shape index (κ2) is 7.98. The van der Waals surface area contributed by atoms with Gasteiger partial charge in [-0.05, 0) is 45.7 Å². The number of esters is 2. The SMILES string of the molecule is CC(C)OC(=O)C(Cc1ccc(Cl)nc1)C(=O)OC(C)C. The van der Waals surface area contributed by atoms with E-state index in [9.17, 15) is 9.59 Å². The van der Waals surface area contributed by atoms with Gasteiger partial charge >= 0.3 is 11.9 Å². The van der Waals surface area contributed by atoms with Crippen LogP contribution in [0, 0.1) is 5.92 Å². The number of ether oxygens (including phenoxy) is 2. The van der Waals surface area contributed by atoms with Gasteiger partial charge in [0.2, 0.25) is 0 Å². The van der Waals surface area contributed by atoms with Crippen molar-refractivity contribution in [2.45, 2.75) is 46.3 Å². The van der Waals surface area contributed by atoms with Gasteiger partial charge in [0.15, 0.2) is 5.92 Å². The quantitative estimate of drug-likeness (QED) is 0.459. The van der Waals surface area contributed by atoms with Crippen LogP contribution in [0.3, 0.4) is 0 Å². The molecule has 0 bridgehead atoms. The van der Waals surface area contributed by atoms with Crippen LogP contribution in [0.25, 0.3) is 0 Å². The predicted molar refractivity (Wildman–Crippen MR) is 78.9 cm³/mol. The van der Waals surface area contributed by atoms with Crippen molar-refractivity contribution < 1.29 is 19.1 Å². The third-order valence-corrected chi connectivity index (χ3v) is 2.72. The van der Waals surface area contributed by atoms with Gasteiger partial charge in [0.05, 0.1) is 12.2 Å². The van der Waals surface area contributed by atoms with Crippen molar-refractivity contribution in [2.75, 3.05) is 0 Å². The van der Waals surface area contributed by atoms with Gasteiger partial charge in [-0.2, -0.15) is 0 Å². The largest absolute Gasteiger partial charge is 0.462 e. The number of halogens is 1. The van der Waals surface area contributed by atoms with E-state index >= 15 is 0 Å². The van der Waals surface area contributed by atoms with Gasteiger partial charge in [-0.25, -0.2) is 4.98 Å². The first-order chi connectivity index (χ1) is 9.79. The van der Waals surface area contributed by atoms with Crippen LogP contribution in [-0.4, -0.2) is 29.1 Å². The first-order valence-electron chi connectivity index (χ1n) is 6.81. The van der Waals surface area contributed by atoms with E-state index in [0.717, 1.165) is 0 Å². The molecule has 21 heavy (non-hydrogen) atoms. The summed E-state index contributed by atoms with van der Waals surface area (Å²) >= 11 is 5.72. The van der Waals surface area contributed by atoms with Crippen molar-refractivity contribution in [3.05, 3.63) is 29.0 Å². The van der Waals surface area contributed by atoms with Crippen LogP contribution < -0.4 is 0 Å². The van der Waals surface area contributed by atoms with E-state index in [1.54, 1.807) is 39.8 Å². The van der Waals surface area contributed by atoms with Gasteiger partial charge in [0.25, 0.3) is 0 Å². The number of hydrogen-bond donors (Lipinski definition) is 0. The van der Waals surface area contributed by atoms with Crippen molar-refractivity contribution in [1.29, 1.82) is 0 Å². The fourth-order valence-electron chi connectivity index (χ4n) is 1.65. The third-order valence-electron chi connectivity index (χ3n) is 2.50. The molecule has 0 saturated carbocycles. The fourth-order valence-corrected chi connectivity index (χ4v) is 1.77. The van der Waals surface area contributed by atoms with Gasteiger partial charge in [-0.1, -0.05) is 17.7 Å². The highest BCUT2D eigenvalue weighted by Crippen LogP contribution is 2.15. The van der Waals surface area contributed by atoms with E-state index in [1.807, 2.05) is 0 Å². The van der Waals surface area contributed by atoms with Crippen molar-refractivity contribution in [3.63, 3.8) is 0 Å². The van der Waals surface area contributed by atoms with Crippen molar-refractivity contribution in [2.24, 2.45) is 5.92 Å². The molecule has 0 saturated heterocycles. The summed E-state index contributed by atoms with van der Waals surface area (Å²) in [5, 5.41) is 0.352. The van der Waals surface area contributed by atoms with E-state index in [1.165, 1.54) is 6.20 Å². The molecule has 116 valence electrons. The Morgan fingerprint density at radius 3 is 2.00 bits per heavy atom. The molecule has 5 nitrogen and oxygen atoms in total. The molecule has 1 aromatic heterocycles. The zero-order valence-corrected chi connectivity index (χ0v) is 13.4. The number of carbonyl (C=O) groups is 2. The first-order valence-corrected chi connectivity index (χ1v) is 7.18. The Kier molecular flexibility index (Phi) is 6.62. The second-order valence-electron chi connectivity index (χ2n) is 5.22. The molecular weight excluding hydrogens is 294 g/mol. The van der Waals surface area contributed by atoms with Crippen LogP contribution in [-0.2, 0) is 25.5 Å². The van der Waals surface area contributed by atoms with Gasteiger partial charge in [-0.15, -0.1) is 0 Å². The summed E-state index contributed by atoms with van der Waals surface area (Å²) in [5.41, 5.74) is 0.714. The monoisotopic (exact) mass is 313 g/mol. The molecule has 0 radical (unpaired) electrons. The second-order valence-corrected chi connectivity index (χ2v) is 5.60. The highest BCUT2D eigenvalue weighted by Gasteiger charge is 2.31. The molecule has 1 heterocycles. The standard InChI is InChI=1S/C15H20ClNO4/c1-9(2)20-14(18)12(15(19)21-10(3)4)7-11-5-6-13(16)17-8-11/h5-6,8-10,12H,7H2,1-4H3. The molecule has 1 aromatic rings. The van der Waals surface area contributed by atoms with Gasteiger partial charge in [-0.3, -0.25) is 9.59 Å². The van der Waals surface area contributed by atoms with Crippen LogP contribution in [0.15, 0.2) is 18.3 Å². The molecule has 0 aromatic carbocycles. The van der Waals surface area contributed by atoms with Gasteiger partial charge in [0, 0.05) is 6.20 Å². The Bertz CT molecular complexity index is 463. The molecule has 0 N–H and O–H groups in total. The molecule has 0 aliphatic heterocycles. The smallest absolute Gasteiger partial charge is 0.320 e. The first kappa shape index (κ1) is 17.4. The zero-order valence-electron chi connectivity index (χ0n) is 12.6. The maximum absolute atomic E-state index is 12.1. The van der Waals surface area contributed by atoms with E-state index < -0.39 is 17.9 Å². The molecule has 0 aliphatic carbocycles. The number of nitrogens with zero attached hydrogens (tertiary/aromatic N) is 1. The normalized spacial score (nSPS) is 11.0. The third kappa shape index (κ3) is 6.12. The highest BCUT2D eigenvalue weighted by atomic mass is 35.5. The molecule has 1 rings (SSSR count). The summed E-state index contributed by atoms with van der Waals surface area (Å²) in [6.07, 6.45) is 1.10. The minimum atomic E-state index is -1.00. The molecule has 0 atom stereocenters. The lowest BCUT2D eigenvalue weighted by atomic mass is 10.0. The molecule has 0 amide bonds. The number of carbonyl (C=O) groups excluding carboxylic acids is 2. The lowest BCUT2D eigenvalue weighted by Crippen LogP contribution is -2.32. The summed E-state index contributed by atoms with van der Waals surface area (Å²) in [6, 6.07) is 3.32. The molecule has 0 fully saturated rings. The van der Waals surface area contributed by atoms with Crippen LogP contribution >= 0.6 is 11.6 Å². The topological polar surface area (TPSA) is 65.5 Å². The Hall–Kier alpha value is -1.62. The molecule has 6 heteroatoms. The van der Waals surface area contributed by atoms with E-state index in [-0.39, 0.29) is 18.6 Å². The molecule has 0 spiro atoms. The Morgan fingerprint density at radius 1 is 1.10 bits per heavy atom. The number of aromatic nitrogens is 1. The predicted octanol–water partition coefficient (Wildman–Crippen LogP) is 2.80. The van der Waals surface area contributed by atoms with Crippen LogP contribution in [0.1, 0.15) is 33.3 Å². The number of pyridine rings is 1. The minimum absolute atomic E-state index is 0.168. The average molecular weight is 314 g/mol. The maximum Gasteiger partial charge on any atom is 0.320 e. The average Bonchev–Trinajstić information content (AvgIpc) is 2.36. The van der Waals surface area contributed by atoms with Crippen LogP contribution in [0.5, 0.6) is 0 Å². The summed E-state index contributed by atoms with van der Waals surface area (Å²) in [4.78, 5) is 28.1. The van der Waals surface area contributed by atoms with Gasteiger partial charge in [0.1, 0.15) is 5.15 Å². The van der Waals surface area contributed by atoms with E-state index in [4.69, 9.17) is 21.1 Å². The lowest BCUT2D eigenvalue weighted by molar-refractivity contribution is -0.166. The summed E-state index contributed by atoms with van der Waals surface area (Å²) in [7, 11) is 0. The summed E-state index contributed by atoms with van der Waals surface area (Å²) < 4.78 is 10.2. The Balaban J connectivity index is 2.87. The van der Waals surface area contributed by atoms with E-state index in [2.05, 4.69) is 4.98 Å².